The lowest BCUT2D eigenvalue weighted by Crippen LogP contribution is -2.31. The van der Waals surface area contributed by atoms with Gasteiger partial charge >= 0.3 is 5.97 Å². The first kappa shape index (κ1) is 23.0. The molecular formula is C19H22N2O8S. The van der Waals surface area contributed by atoms with Crippen molar-refractivity contribution in [2.45, 2.75) is 4.90 Å². The van der Waals surface area contributed by atoms with Gasteiger partial charge in [0.2, 0.25) is 10.0 Å². The minimum atomic E-state index is -3.77. The lowest BCUT2D eigenvalue weighted by molar-refractivity contribution is -0.143. The molecule has 162 valence electrons. The van der Waals surface area contributed by atoms with E-state index in [0.717, 1.165) is 0 Å². The Morgan fingerprint density at radius 2 is 1.53 bits per heavy atom. The van der Waals surface area contributed by atoms with E-state index in [2.05, 4.69) is 5.32 Å². The number of carbonyl (C=O) groups is 2. The molecule has 0 spiro atoms. The Labute approximate surface area is 173 Å². The largest absolute Gasteiger partial charge is 0.497 e. The van der Waals surface area contributed by atoms with Gasteiger partial charge in [0, 0.05) is 11.6 Å². The van der Waals surface area contributed by atoms with Crippen LogP contribution < -0.4 is 24.7 Å². The first-order valence-corrected chi connectivity index (χ1v) is 10.2. The van der Waals surface area contributed by atoms with E-state index in [0.29, 0.717) is 17.2 Å². The van der Waals surface area contributed by atoms with Crippen molar-refractivity contribution in [3.05, 3.63) is 48.0 Å². The number of carbonyl (C=O) groups excluding carboxylic acids is 2. The standard InChI is InChI=1S/C19H22N2O8S/c1-26-15-9-13(10-16(11-15)27-2)19(23)21-12-18(22)29-8-7-28-14-3-5-17(6-4-14)30(20,24)25/h3-6,9-11H,7-8,12H2,1-2H3,(H,21,23)(H2,20,24,25). The molecule has 0 aliphatic heterocycles. The summed E-state index contributed by atoms with van der Waals surface area (Å²) in [7, 11) is -0.846. The number of ether oxygens (including phenoxy) is 4. The van der Waals surface area contributed by atoms with E-state index in [-0.39, 0.29) is 30.2 Å². The van der Waals surface area contributed by atoms with E-state index in [4.69, 9.17) is 24.1 Å². The molecule has 0 aliphatic rings. The quantitative estimate of drug-likeness (QED) is 0.408. The van der Waals surface area contributed by atoms with Crippen LogP contribution in [0.15, 0.2) is 47.4 Å². The number of benzene rings is 2. The number of hydrogen-bond donors (Lipinski definition) is 2. The Morgan fingerprint density at radius 1 is 0.933 bits per heavy atom. The molecule has 10 nitrogen and oxygen atoms in total. The van der Waals surface area contributed by atoms with Crippen molar-refractivity contribution in [2.24, 2.45) is 5.14 Å². The summed E-state index contributed by atoms with van der Waals surface area (Å²) in [4.78, 5) is 23.9. The van der Waals surface area contributed by atoms with Gasteiger partial charge in [-0.25, -0.2) is 13.6 Å². The van der Waals surface area contributed by atoms with E-state index < -0.39 is 21.9 Å². The second-order valence-electron chi connectivity index (χ2n) is 5.87. The zero-order chi connectivity index (χ0) is 22.1. The van der Waals surface area contributed by atoms with Crippen LogP contribution >= 0.6 is 0 Å². The first-order chi connectivity index (χ1) is 14.2. The topological polar surface area (TPSA) is 143 Å². The summed E-state index contributed by atoms with van der Waals surface area (Å²) in [6.07, 6.45) is 0. The predicted octanol–water partition coefficient (Wildman–Crippen LogP) is 0.703. The molecule has 2 aromatic rings. The Kier molecular flexibility index (Phi) is 8.01. The van der Waals surface area contributed by atoms with Gasteiger partial charge in [-0.3, -0.25) is 9.59 Å². The molecule has 30 heavy (non-hydrogen) atoms. The van der Waals surface area contributed by atoms with E-state index in [1.165, 1.54) is 50.6 Å². The SMILES string of the molecule is COc1cc(OC)cc(C(=O)NCC(=O)OCCOc2ccc(S(N)(=O)=O)cc2)c1. The van der Waals surface area contributed by atoms with Gasteiger partial charge in [-0.1, -0.05) is 0 Å². The second kappa shape index (κ2) is 10.5. The average molecular weight is 438 g/mol. The van der Waals surface area contributed by atoms with Crippen LogP contribution in [-0.4, -0.2) is 54.3 Å². The first-order valence-electron chi connectivity index (χ1n) is 8.65. The van der Waals surface area contributed by atoms with Crippen LogP contribution in [0.3, 0.4) is 0 Å². The van der Waals surface area contributed by atoms with Crippen LogP contribution in [0, 0.1) is 0 Å². The summed E-state index contributed by atoms with van der Waals surface area (Å²) in [5.41, 5.74) is 0.269. The van der Waals surface area contributed by atoms with Gasteiger partial charge in [-0.05, 0) is 36.4 Å². The van der Waals surface area contributed by atoms with Crippen LogP contribution in [0.4, 0.5) is 0 Å². The van der Waals surface area contributed by atoms with Gasteiger partial charge in [-0.2, -0.15) is 0 Å². The molecule has 0 bridgehead atoms. The van der Waals surface area contributed by atoms with Crippen molar-refractivity contribution in [1.82, 2.24) is 5.32 Å². The van der Waals surface area contributed by atoms with E-state index in [1.807, 2.05) is 0 Å². The van der Waals surface area contributed by atoms with Crippen molar-refractivity contribution in [3.8, 4) is 17.2 Å². The molecule has 0 radical (unpaired) electrons. The van der Waals surface area contributed by atoms with Crippen molar-refractivity contribution in [3.63, 3.8) is 0 Å². The molecule has 0 aliphatic carbocycles. The molecular weight excluding hydrogens is 416 g/mol. The van der Waals surface area contributed by atoms with Gasteiger partial charge in [0.1, 0.15) is 37.0 Å². The van der Waals surface area contributed by atoms with E-state index in [9.17, 15) is 18.0 Å². The van der Waals surface area contributed by atoms with Crippen molar-refractivity contribution >= 4 is 21.9 Å². The summed E-state index contributed by atoms with van der Waals surface area (Å²) < 4.78 is 42.9. The van der Waals surface area contributed by atoms with Gasteiger partial charge in [0.25, 0.3) is 5.91 Å². The van der Waals surface area contributed by atoms with Gasteiger partial charge in [0.15, 0.2) is 0 Å². The summed E-state index contributed by atoms with van der Waals surface area (Å²) in [6, 6.07) is 10.1. The van der Waals surface area contributed by atoms with Crippen molar-refractivity contribution < 1.29 is 37.0 Å². The minimum Gasteiger partial charge on any atom is -0.497 e. The Balaban J connectivity index is 1.74. The maximum absolute atomic E-state index is 12.2. The van der Waals surface area contributed by atoms with Gasteiger partial charge in [-0.15, -0.1) is 0 Å². The van der Waals surface area contributed by atoms with Crippen LogP contribution in [-0.2, 0) is 19.6 Å². The molecule has 0 fully saturated rings. The third kappa shape index (κ3) is 6.94. The number of rotatable bonds is 10. The number of hydrogen-bond acceptors (Lipinski definition) is 8. The fourth-order valence-corrected chi connectivity index (χ4v) is 2.80. The molecule has 0 heterocycles. The molecule has 2 rings (SSSR count). The molecule has 0 saturated heterocycles. The lowest BCUT2D eigenvalue weighted by atomic mass is 10.2. The van der Waals surface area contributed by atoms with Crippen LogP contribution in [0.25, 0.3) is 0 Å². The predicted molar refractivity (Wildman–Crippen MR) is 106 cm³/mol. The van der Waals surface area contributed by atoms with Crippen molar-refractivity contribution in [2.75, 3.05) is 34.0 Å². The van der Waals surface area contributed by atoms with Crippen LogP contribution in [0.2, 0.25) is 0 Å². The van der Waals surface area contributed by atoms with Crippen LogP contribution in [0.5, 0.6) is 17.2 Å². The van der Waals surface area contributed by atoms with Crippen molar-refractivity contribution in [1.29, 1.82) is 0 Å². The number of sulfonamides is 1. The average Bonchev–Trinajstić information content (AvgIpc) is 2.74. The fourth-order valence-electron chi connectivity index (χ4n) is 2.28. The molecule has 0 aromatic heterocycles. The zero-order valence-corrected chi connectivity index (χ0v) is 17.2. The molecule has 0 atom stereocenters. The summed E-state index contributed by atoms with van der Waals surface area (Å²) >= 11 is 0. The fraction of sp³-hybridized carbons (Fsp3) is 0.263. The summed E-state index contributed by atoms with van der Waals surface area (Å²) in [6.45, 7) is -0.346. The number of nitrogens with two attached hydrogens (primary N) is 1. The molecule has 1 amide bonds. The third-order valence-electron chi connectivity index (χ3n) is 3.77. The highest BCUT2D eigenvalue weighted by Crippen LogP contribution is 2.22. The van der Waals surface area contributed by atoms with E-state index in [1.54, 1.807) is 6.07 Å². The smallest absolute Gasteiger partial charge is 0.325 e. The molecule has 11 heteroatoms. The highest BCUT2D eigenvalue weighted by atomic mass is 32.2. The Morgan fingerprint density at radius 3 is 2.07 bits per heavy atom. The maximum Gasteiger partial charge on any atom is 0.325 e. The number of nitrogens with one attached hydrogen (secondary N) is 1. The number of primary sulfonamides is 1. The number of amides is 1. The third-order valence-corrected chi connectivity index (χ3v) is 4.70. The van der Waals surface area contributed by atoms with Crippen LogP contribution in [0.1, 0.15) is 10.4 Å². The molecule has 0 saturated carbocycles. The highest BCUT2D eigenvalue weighted by Gasteiger charge is 2.12. The lowest BCUT2D eigenvalue weighted by Gasteiger charge is -2.10. The van der Waals surface area contributed by atoms with Gasteiger partial charge < -0.3 is 24.3 Å². The molecule has 3 N–H and O–H groups in total. The maximum atomic E-state index is 12.2. The van der Waals surface area contributed by atoms with Gasteiger partial charge in [0.05, 0.1) is 19.1 Å². The summed E-state index contributed by atoms with van der Waals surface area (Å²) in [5, 5.41) is 7.46. The molecule has 2 aromatic carbocycles. The Hall–Kier alpha value is -3.31. The summed E-state index contributed by atoms with van der Waals surface area (Å²) in [5.74, 6) is 0.132. The Bertz CT molecular complexity index is 968. The normalized spacial score (nSPS) is 10.8. The number of esters is 1. The second-order valence-corrected chi connectivity index (χ2v) is 7.43. The molecule has 0 unspecified atom stereocenters. The zero-order valence-electron chi connectivity index (χ0n) is 16.4. The monoisotopic (exact) mass is 438 g/mol. The number of methoxy groups -OCH3 is 2. The highest BCUT2D eigenvalue weighted by molar-refractivity contribution is 7.89. The minimum absolute atomic E-state index is 0.0364. The van der Waals surface area contributed by atoms with E-state index >= 15 is 0 Å².